The molecule has 0 aromatic heterocycles. The first kappa shape index (κ1) is 15.2. The number of alkyl carbamates (subject to hydrolysis) is 1. The van der Waals surface area contributed by atoms with Gasteiger partial charge in [0, 0.05) is 5.56 Å². The third-order valence-corrected chi connectivity index (χ3v) is 3.88. The van der Waals surface area contributed by atoms with Gasteiger partial charge >= 0.3 is 6.09 Å². The normalized spacial score (nSPS) is 18.0. The van der Waals surface area contributed by atoms with Crippen LogP contribution in [0, 0.1) is 0 Å². The van der Waals surface area contributed by atoms with Crippen molar-refractivity contribution in [3.8, 4) is 11.5 Å². The molecule has 1 aromatic carbocycles. The van der Waals surface area contributed by atoms with Crippen LogP contribution in [0.3, 0.4) is 0 Å². The highest BCUT2D eigenvalue weighted by atomic mass is 16.6. The van der Waals surface area contributed by atoms with Crippen LogP contribution in [0.4, 0.5) is 4.79 Å². The van der Waals surface area contributed by atoms with Crippen LogP contribution in [-0.2, 0) is 4.74 Å². The van der Waals surface area contributed by atoms with Crippen LogP contribution in [0.15, 0.2) is 30.9 Å². The molecule has 0 atom stereocenters. The number of rotatable bonds is 5. The van der Waals surface area contributed by atoms with Crippen LogP contribution in [0.1, 0.15) is 10.4 Å². The van der Waals surface area contributed by atoms with Crippen molar-refractivity contribution in [1.82, 2.24) is 10.2 Å². The highest BCUT2D eigenvalue weighted by Gasteiger charge is 2.52. The van der Waals surface area contributed by atoms with E-state index in [2.05, 4.69) is 11.9 Å². The Morgan fingerprint density at radius 2 is 2.26 bits per heavy atom. The van der Waals surface area contributed by atoms with Crippen molar-refractivity contribution < 1.29 is 23.8 Å². The van der Waals surface area contributed by atoms with E-state index >= 15 is 0 Å². The molecule has 7 nitrogen and oxygen atoms in total. The number of hydrogen-bond donors (Lipinski definition) is 1. The third-order valence-electron chi connectivity index (χ3n) is 3.88. The molecule has 0 radical (unpaired) electrons. The first-order chi connectivity index (χ1) is 11.1. The molecule has 2 aliphatic rings. The van der Waals surface area contributed by atoms with Gasteiger partial charge in [-0.25, -0.2) is 4.79 Å². The molecule has 2 aliphatic heterocycles. The lowest BCUT2D eigenvalue weighted by Gasteiger charge is -2.45. The average Bonchev–Trinajstić information content (AvgIpc) is 2.93. The van der Waals surface area contributed by atoms with E-state index in [1.807, 2.05) is 0 Å². The molecule has 0 saturated carbocycles. The molecular weight excluding hydrogens is 300 g/mol. The van der Waals surface area contributed by atoms with Crippen molar-refractivity contribution in [2.45, 2.75) is 5.60 Å². The molecule has 3 rings (SSSR count). The molecule has 1 N–H and O–H groups in total. The number of benzene rings is 1. The molecule has 2 fully saturated rings. The van der Waals surface area contributed by atoms with Gasteiger partial charge in [0.1, 0.15) is 6.61 Å². The Morgan fingerprint density at radius 1 is 1.48 bits per heavy atom. The van der Waals surface area contributed by atoms with Crippen molar-refractivity contribution >= 4 is 12.0 Å². The molecule has 1 aromatic rings. The third kappa shape index (κ3) is 2.81. The van der Waals surface area contributed by atoms with E-state index in [0.29, 0.717) is 43.3 Å². The molecule has 0 bridgehead atoms. The second-order valence-electron chi connectivity index (χ2n) is 5.55. The highest BCUT2D eigenvalue weighted by Crippen LogP contribution is 2.32. The fourth-order valence-electron chi connectivity index (χ4n) is 2.72. The largest absolute Gasteiger partial charge is 0.493 e. The maximum atomic E-state index is 12.5. The average molecular weight is 318 g/mol. The van der Waals surface area contributed by atoms with E-state index in [4.69, 9.17) is 14.2 Å². The summed E-state index contributed by atoms with van der Waals surface area (Å²) in [5.74, 6) is 0.909. The zero-order valence-electron chi connectivity index (χ0n) is 12.8. The number of nitrogens with zero attached hydrogens (tertiary/aromatic N) is 1. The number of carbonyl (C=O) groups excluding carboxylic acids is 2. The summed E-state index contributed by atoms with van der Waals surface area (Å²) in [5, 5.41) is 2.61. The van der Waals surface area contributed by atoms with E-state index in [9.17, 15) is 9.59 Å². The predicted molar refractivity (Wildman–Crippen MR) is 81.8 cm³/mol. The molecule has 0 aliphatic carbocycles. The summed E-state index contributed by atoms with van der Waals surface area (Å²) < 4.78 is 15.9. The van der Waals surface area contributed by atoms with Gasteiger partial charge in [-0.15, -0.1) is 0 Å². The van der Waals surface area contributed by atoms with Gasteiger partial charge in [0.05, 0.1) is 26.7 Å². The molecule has 2 saturated heterocycles. The van der Waals surface area contributed by atoms with Gasteiger partial charge in [-0.2, -0.15) is 0 Å². The van der Waals surface area contributed by atoms with Crippen LogP contribution in [0.2, 0.25) is 0 Å². The number of amides is 2. The van der Waals surface area contributed by atoms with Gasteiger partial charge in [-0.1, -0.05) is 12.7 Å². The summed E-state index contributed by atoms with van der Waals surface area (Å²) in [6.07, 6.45) is 1.21. The smallest absolute Gasteiger partial charge is 0.408 e. The molecular formula is C16H18N2O5. The maximum Gasteiger partial charge on any atom is 0.408 e. The summed E-state index contributed by atoms with van der Waals surface area (Å²) in [6.45, 7) is 5.17. The van der Waals surface area contributed by atoms with Crippen molar-refractivity contribution in [2.24, 2.45) is 0 Å². The minimum atomic E-state index is -0.566. The van der Waals surface area contributed by atoms with E-state index in [0.717, 1.165) is 0 Å². The van der Waals surface area contributed by atoms with Crippen molar-refractivity contribution in [2.75, 3.05) is 33.4 Å². The van der Waals surface area contributed by atoms with Crippen LogP contribution in [0.5, 0.6) is 11.5 Å². The topological polar surface area (TPSA) is 77.1 Å². The lowest BCUT2D eigenvalue weighted by molar-refractivity contribution is -0.0575. The van der Waals surface area contributed by atoms with Gasteiger partial charge in [-0.3, -0.25) is 4.79 Å². The number of nitrogens with one attached hydrogen (secondary N) is 1. The summed E-state index contributed by atoms with van der Waals surface area (Å²) in [5.41, 5.74) is -0.0657. The van der Waals surface area contributed by atoms with Crippen LogP contribution in [-0.4, -0.2) is 55.9 Å². The summed E-state index contributed by atoms with van der Waals surface area (Å²) in [6, 6.07) is 5.03. The maximum absolute atomic E-state index is 12.5. The SMILES string of the molecule is C=CCOc1ccc(C(=O)N2CC3(CNC(=O)O3)C2)cc1OC. The van der Waals surface area contributed by atoms with E-state index in [-0.39, 0.29) is 5.91 Å². The van der Waals surface area contributed by atoms with E-state index < -0.39 is 11.7 Å². The zero-order valence-corrected chi connectivity index (χ0v) is 12.8. The standard InChI is InChI=1S/C16H18N2O5/c1-3-6-22-12-5-4-11(7-13(12)21-2)14(19)18-9-16(10-18)8-17-15(20)23-16/h3-5,7H,1,6,8-10H2,2H3,(H,17,20). The molecule has 0 unspecified atom stereocenters. The Bertz CT molecular complexity index is 652. The summed E-state index contributed by atoms with van der Waals surface area (Å²) >= 11 is 0. The van der Waals surface area contributed by atoms with E-state index in [1.165, 1.54) is 7.11 Å². The highest BCUT2D eigenvalue weighted by molar-refractivity contribution is 5.95. The minimum absolute atomic E-state index is 0.132. The molecule has 122 valence electrons. The van der Waals surface area contributed by atoms with Gasteiger partial charge in [-0.05, 0) is 18.2 Å². The Hall–Kier alpha value is -2.70. The van der Waals surface area contributed by atoms with Crippen LogP contribution >= 0.6 is 0 Å². The Kier molecular flexibility index (Phi) is 3.85. The molecule has 2 amide bonds. The second-order valence-corrected chi connectivity index (χ2v) is 5.55. The predicted octanol–water partition coefficient (Wildman–Crippen LogP) is 1.19. The van der Waals surface area contributed by atoms with Crippen LogP contribution in [0.25, 0.3) is 0 Å². The summed E-state index contributed by atoms with van der Waals surface area (Å²) in [7, 11) is 1.52. The number of methoxy groups -OCH3 is 1. The molecule has 23 heavy (non-hydrogen) atoms. The zero-order chi connectivity index (χ0) is 16.4. The second kappa shape index (κ2) is 5.83. The molecule has 2 heterocycles. The lowest BCUT2D eigenvalue weighted by Crippen LogP contribution is -2.65. The lowest BCUT2D eigenvalue weighted by atomic mass is 9.93. The minimum Gasteiger partial charge on any atom is -0.493 e. The number of ether oxygens (including phenoxy) is 3. The first-order valence-corrected chi connectivity index (χ1v) is 7.25. The van der Waals surface area contributed by atoms with Crippen molar-refractivity contribution in [1.29, 1.82) is 0 Å². The van der Waals surface area contributed by atoms with Crippen LogP contribution < -0.4 is 14.8 Å². The Balaban J connectivity index is 1.68. The molecule has 7 heteroatoms. The Labute approximate surface area is 133 Å². The first-order valence-electron chi connectivity index (χ1n) is 7.25. The number of hydrogen-bond acceptors (Lipinski definition) is 5. The summed E-state index contributed by atoms with van der Waals surface area (Å²) in [4.78, 5) is 25.3. The van der Waals surface area contributed by atoms with E-state index in [1.54, 1.807) is 29.2 Å². The van der Waals surface area contributed by atoms with Gasteiger partial charge in [0.2, 0.25) is 0 Å². The Morgan fingerprint density at radius 3 is 2.87 bits per heavy atom. The van der Waals surface area contributed by atoms with Gasteiger partial charge < -0.3 is 24.4 Å². The fraction of sp³-hybridized carbons (Fsp3) is 0.375. The number of likely N-dealkylation sites (tertiary alicyclic amines) is 1. The number of carbonyl (C=O) groups is 2. The van der Waals surface area contributed by atoms with Crippen molar-refractivity contribution in [3.05, 3.63) is 36.4 Å². The van der Waals surface area contributed by atoms with Gasteiger partial charge in [0.25, 0.3) is 5.91 Å². The van der Waals surface area contributed by atoms with Crippen molar-refractivity contribution in [3.63, 3.8) is 0 Å². The van der Waals surface area contributed by atoms with Gasteiger partial charge in [0.15, 0.2) is 17.1 Å². The molecule has 1 spiro atoms. The fourth-order valence-corrected chi connectivity index (χ4v) is 2.72. The monoisotopic (exact) mass is 318 g/mol. The quantitative estimate of drug-likeness (QED) is 0.825.